The van der Waals surface area contributed by atoms with Crippen LogP contribution in [0.2, 0.25) is 0 Å². The van der Waals surface area contributed by atoms with Gasteiger partial charge in [-0.05, 0) is 30.2 Å². The Morgan fingerprint density at radius 3 is 2.70 bits per heavy atom. The fourth-order valence-electron chi connectivity index (χ4n) is 5.37. The van der Waals surface area contributed by atoms with Crippen molar-refractivity contribution in [1.82, 2.24) is 9.80 Å². The standard InChI is InChI=1S/C24H22N4O5/c1-13(29)27-11-17-9-16(21(24(32)33)28-20(17)22(27)23(28)31)7-6-14-8-15-4-2-3-5-18(15)26(10-14)12-19(25)30/h2-8,10,17,20,22H,9,11-12H2,1H3,(H2-,25,30,32,33)/p+1/b7-6+/t17-,20-,22+/m1/s1. The van der Waals surface area contributed by atoms with Gasteiger partial charge in [-0.15, -0.1) is 0 Å². The molecule has 2 fully saturated rings. The molecule has 0 aliphatic carbocycles. The first-order chi connectivity index (χ1) is 15.8. The molecule has 1 aromatic heterocycles. The molecular formula is C24H23N4O5+. The molecule has 2 aromatic rings. The number of primary amides is 1. The normalized spacial score (nSPS) is 23.8. The van der Waals surface area contributed by atoms with Crippen LogP contribution in [0.5, 0.6) is 0 Å². The van der Waals surface area contributed by atoms with Crippen molar-refractivity contribution in [2.24, 2.45) is 11.7 Å². The topological polar surface area (TPSA) is 125 Å². The van der Waals surface area contributed by atoms with Gasteiger partial charge >= 0.3 is 5.97 Å². The number of carboxylic acids is 1. The maximum Gasteiger partial charge on any atom is 0.352 e. The van der Waals surface area contributed by atoms with Crippen molar-refractivity contribution in [3.05, 3.63) is 59.4 Å². The van der Waals surface area contributed by atoms with Crippen LogP contribution in [0.4, 0.5) is 0 Å². The number of allylic oxidation sites excluding steroid dienone is 2. The summed E-state index contributed by atoms with van der Waals surface area (Å²) in [7, 11) is 0. The third-order valence-corrected chi connectivity index (χ3v) is 6.67. The second-order valence-corrected chi connectivity index (χ2v) is 8.72. The summed E-state index contributed by atoms with van der Waals surface area (Å²) in [6.07, 6.45) is 5.74. The Morgan fingerprint density at radius 1 is 1.24 bits per heavy atom. The largest absolute Gasteiger partial charge is 0.477 e. The average Bonchev–Trinajstić information content (AvgIpc) is 3.13. The van der Waals surface area contributed by atoms with Gasteiger partial charge in [-0.25, -0.2) is 4.79 Å². The monoisotopic (exact) mass is 447 g/mol. The number of carbonyl (C=O) groups excluding carboxylic acids is 3. The van der Waals surface area contributed by atoms with Crippen molar-refractivity contribution in [3.8, 4) is 0 Å². The molecule has 9 nitrogen and oxygen atoms in total. The molecule has 5 rings (SSSR count). The molecule has 9 heteroatoms. The zero-order chi connectivity index (χ0) is 23.4. The number of aromatic nitrogens is 1. The van der Waals surface area contributed by atoms with E-state index in [0.29, 0.717) is 18.5 Å². The van der Waals surface area contributed by atoms with Crippen LogP contribution in [0.3, 0.4) is 0 Å². The second kappa shape index (κ2) is 7.54. The molecule has 3 atom stereocenters. The van der Waals surface area contributed by atoms with Crippen LogP contribution in [0.25, 0.3) is 17.0 Å². The Bertz CT molecular complexity index is 1300. The molecule has 0 unspecified atom stereocenters. The van der Waals surface area contributed by atoms with Crippen LogP contribution in [-0.2, 0) is 25.7 Å². The van der Waals surface area contributed by atoms with Gasteiger partial charge in [0.15, 0.2) is 6.20 Å². The number of nitrogens with zero attached hydrogens (tertiary/aromatic N) is 3. The maximum absolute atomic E-state index is 12.8. The van der Waals surface area contributed by atoms with Crippen LogP contribution < -0.4 is 10.3 Å². The lowest BCUT2D eigenvalue weighted by Crippen LogP contribution is -2.69. The summed E-state index contributed by atoms with van der Waals surface area (Å²) in [4.78, 5) is 51.3. The number of pyridine rings is 1. The number of rotatable bonds is 5. The van der Waals surface area contributed by atoms with E-state index in [0.717, 1.165) is 16.5 Å². The third kappa shape index (κ3) is 3.27. The van der Waals surface area contributed by atoms with E-state index >= 15 is 0 Å². The van der Waals surface area contributed by atoms with E-state index in [4.69, 9.17) is 5.73 Å². The molecule has 1 aromatic carbocycles. The lowest BCUT2D eigenvalue weighted by atomic mass is 9.79. The number of para-hydroxylation sites is 1. The number of aliphatic carboxylic acids is 1. The lowest BCUT2D eigenvalue weighted by molar-refractivity contribution is -0.658. The molecule has 3 aliphatic heterocycles. The van der Waals surface area contributed by atoms with Crippen LogP contribution in [0.15, 0.2) is 53.9 Å². The van der Waals surface area contributed by atoms with Gasteiger partial charge in [-0.3, -0.25) is 19.3 Å². The van der Waals surface area contributed by atoms with E-state index in [-0.39, 0.29) is 36.0 Å². The maximum atomic E-state index is 12.8. The Morgan fingerprint density at radius 2 is 2.00 bits per heavy atom. The second-order valence-electron chi connectivity index (χ2n) is 8.72. The molecule has 0 bridgehead atoms. The zero-order valence-corrected chi connectivity index (χ0v) is 18.0. The number of likely N-dealkylation sites (tertiary alicyclic amines) is 1. The highest BCUT2D eigenvalue weighted by atomic mass is 16.4. The van der Waals surface area contributed by atoms with Crippen molar-refractivity contribution in [1.29, 1.82) is 0 Å². The number of hydrogen-bond donors (Lipinski definition) is 2. The number of carbonyl (C=O) groups is 4. The Labute approximate surface area is 189 Å². The minimum absolute atomic E-state index is 0.00393. The summed E-state index contributed by atoms with van der Waals surface area (Å²) in [5.41, 5.74) is 7.54. The number of fused-ring (bicyclic) bond motifs is 1. The average molecular weight is 447 g/mol. The van der Waals surface area contributed by atoms with Crippen molar-refractivity contribution >= 4 is 40.7 Å². The highest BCUT2D eigenvalue weighted by Crippen LogP contribution is 2.47. The van der Waals surface area contributed by atoms with Gasteiger partial charge in [0.05, 0.1) is 6.04 Å². The number of benzene rings is 1. The Kier molecular flexibility index (Phi) is 4.77. The van der Waals surface area contributed by atoms with Crippen molar-refractivity contribution in [2.45, 2.75) is 32.0 Å². The smallest absolute Gasteiger partial charge is 0.352 e. The number of nitrogens with two attached hydrogens (primary N) is 1. The van der Waals surface area contributed by atoms with E-state index in [2.05, 4.69) is 0 Å². The van der Waals surface area contributed by atoms with Crippen LogP contribution in [0.1, 0.15) is 18.9 Å². The molecule has 4 heterocycles. The summed E-state index contributed by atoms with van der Waals surface area (Å²) in [5.74, 6) is -2.15. The van der Waals surface area contributed by atoms with Crippen LogP contribution in [0, 0.1) is 5.92 Å². The van der Waals surface area contributed by atoms with E-state index in [9.17, 15) is 24.3 Å². The molecule has 3 aliphatic rings. The van der Waals surface area contributed by atoms with E-state index in [1.807, 2.05) is 30.3 Å². The third-order valence-electron chi connectivity index (χ3n) is 6.67. The lowest BCUT2D eigenvalue weighted by Gasteiger charge is -2.49. The summed E-state index contributed by atoms with van der Waals surface area (Å²) in [5, 5.41) is 10.8. The highest BCUT2D eigenvalue weighted by molar-refractivity contribution is 6.02. The molecule has 0 spiro atoms. The summed E-state index contributed by atoms with van der Waals surface area (Å²) in [6, 6.07) is 8.69. The first-order valence-corrected chi connectivity index (χ1v) is 10.7. The van der Waals surface area contributed by atoms with Gasteiger partial charge in [0, 0.05) is 36.4 Å². The first kappa shape index (κ1) is 20.9. The number of amides is 3. The number of hydrogen-bond acceptors (Lipinski definition) is 4. The quantitative estimate of drug-likeness (QED) is 0.508. The zero-order valence-electron chi connectivity index (χ0n) is 18.0. The van der Waals surface area contributed by atoms with Crippen LogP contribution in [-0.4, -0.2) is 57.2 Å². The van der Waals surface area contributed by atoms with Crippen LogP contribution >= 0.6 is 0 Å². The molecule has 168 valence electrons. The van der Waals surface area contributed by atoms with Crippen molar-refractivity contribution in [3.63, 3.8) is 0 Å². The number of carboxylic acid groups (broad SMARTS) is 1. The van der Waals surface area contributed by atoms with E-state index in [1.54, 1.807) is 27.8 Å². The molecular weight excluding hydrogens is 424 g/mol. The minimum Gasteiger partial charge on any atom is -0.477 e. The van der Waals surface area contributed by atoms with E-state index < -0.39 is 17.9 Å². The Hall–Kier alpha value is -4.01. The summed E-state index contributed by atoms with van der Waals surface area (Å²) in [6.45, 7) is 1.88. The van der Waals surface area contributed by atoms with Gasteiger partial charge in [0.2, 0.25) is 18.0 Å². The van der Waals surface area contributed by atoms with Gasteiger partial charge in [-0.1, -0.05) is 18.2 Å². The fraction of sp³-hybridized carbons (Fsp3) is 0.292. The Balaban J connectivity index is 1.53. The molecule has 2 saturated heterocycles. The molecule has 33 heavy (non-hydrogen) atoms. The summed E-state index contributed by atoms with van der Waals surface area (Å²) < 4.78 is 1.76. The molecule has 3 amide bonds. The minimum atomic E-state index is -1.16. The molecule has 0 radical (unpaired) electrons. The predicted octanol–water partition coefficient (Wildman–Crippen LogP) is 0.426. The van der Waals surface area contributed by atoms with Gasteiger partial charge < -0.3 is 15.7 Å². The predicted molar refractivity (Wildman–Crippen MR) is 117 cm³/mol. The van der Waals surface area contributed by atoms with Gasteiger partial charge in [-0.2, -0.15) is 4.57 Å². The van der Waals surface area contributed by atoms with Crippen molar-refractivity contribution in [2.75, 3.05) is 6.54 Å². The molecule has 0 saturated carbocycles. The summed E-state index contributed by atoms with van der Waals surface area (Å²) >= 11 is 0. The van der Waals surface area contributed by atoms with Gasteiger partial charge in [0.1, 0.15) is 11.7 Å². The number of β-lactam (4-membered cyclic amide) rings is 1. The highest BCUT2D eigenvalue weighted by Gasteiger charge is 2.63. The first-order valence-electron chi connectivity index (χ1n) is 10.7. The molecule has 3 N–H and O–H groups in total. The van der Waals surface area contributed by atoms with Crippen molar-refractivity contribution < 1.29 is 28.9 Å². The fourth-order valence-corrected chi connectivity index (χ4v) is 5.37. The SMILES string of the molecule is CC(=O)N1C[C@H]2CC(/C=C/c3cc4ccccc4[n+](CC(N)=O)c3)=C(C(=O)O)N3C(=O)[C@@H]1[C@@H]23. The van der Waals surface area contributed by atoms with Gasteiger partial charge in [0.25, 0.3) is 11.8 Å². The van der Waals surface area contributed by atoms with E-state index in [1.165, 1.54) is 11.8 Å².